The van der Waals surface area contributed by atoms with Crippen molar-refractivity contribution in [3.8, 4) is 0 Å². The van der Waals surface area contributed by atoms with Crippen LogP contribution in [0, 0.1) is 5.82 Å². The van der Waals surface area contributed by atoms with Gasteiger partial charge in [-0.2, -0.15) is 0 Å². The van der Waals surface area contributed by atoms with E-state index in [2.05, 4.69) is 5.32 Å². The van der Waals surface area contributed by atoms with E-state index < -0.39 is 0 Å². The number of hydrogen-bond donors (Lipinski definition) is 1. The quantitative estimate of drug-likeness (QED) is 0.796. The zero-order chi connectivity index (χ0) is 10.6. The van der Waals surface area contributed by atoms with Crippen molar-refractivity contribution in [1.82, 2.24) is 5.32 Å². The lowest BCUT2D eigenvalue weighted by atomic mass is 10.1. The molecule has 1 atom stereocenters. The number of carbonyl (C=O) groups excluding carboxylic acids is 1. The number of hydrogen-bond acceptors (Lipinski definition) is 2. The van der Waals surface area contributed by atoms with Gasteiger partial charge < -0.3 is 5.32 Å². The van der Waals surface area contributed by atoms with Crippen LogP contribution >= 0.6 is 0 Å². The normalized spacial score (nSPS) is 12.5. The highest BCUT2D eigenvalue weighted by Crippen LogP contribution is 2.12. The standard InChI is InChI=1S/C11H14FNO/c1-8(14)7-13-9(2)10-3-5-11(12)6-4-10/h3-6,9,13H,7H2,1-2H3. The van der Waals surface area contributed by atoms with Crippen molar-refractivity contribution in [2.45, 2.75) is 19.9 Å². The van der Waals surface area contributed by atoms with E-state index in [1.165, 1.54) is 19.1 Å². The fourth-order valence-electron chi connectivity index (χ4n) is 1.17. The van der Waals surface area contributed by atoms with Gasteiger partial charge in [-0.05, 0) is 31.5 Å². The maximum Gasteiger partial charge on any atom is 0.143 e. The van der Waals surface area contributed by atoms with Crippen molar-refractivity contribution in [3.05, 3.63) is 35.6 Å². The predicted molar refractivity (Wildman–Crippen MR) is 53.5 cm³/mol. The molecule has 0 saturated carbocycles. The number of Topliss-reactive ketones (excluding diaryl/α,β-unsaturated/α-hetero) is 1. The van der Waals surface area contributed by atoms with Crippen molar-refractivity contribution in [2.75, 3.05) is 6.54 Å². The summed E-state index contributed by atoms with van der Waals surface area (Å²) in [6, 6.07) is 6.34. The van der Waals surface area contributed by atoms with Crippen LogP contribution in [0.15, 0.2) is 24.3 Å². The van der Waals surface area contributed by atoms with E-state index in [-0.39, 0.29) is 17.6 Å². The average molecular weight is 195 g/mol. The van der Waals surface area contributed by atoms with Crippen molar-refractivity contribution >= 4 is 5.78 Å². The molecule has 0 bridgehead atoms. The molecule has 0 saturated heterocycles. The predicted octanol–water partition coefficient (Wildman–Crippen LogP) is 2.07. The van der Waals surface area contributed by atoms with Crippen LogP contribution in [0.4, 0.5) is 4.39 Å². The molecule has 1 aromatic carbocycles. The monoisotopic (exact) mass is 195 g/mol. The van der Waals surface area contributed by atoms with Crippen LogP contribution in [0.5, 0.6) is 0 Å². The molecule has 0 aliphatic carbocycles. The molecule has 76 valence electrons. The van der Waals surface area contributed by atoms with Crippen molar-refractivity contribution in [3.63, 3.8) is 0 Å². The molecule has 1 aromatic rings. The van der Waals surface area contributed by atoms with E-state index in [9.17, 15) is 9.18 Å². The molecule has 0 heterocycles. The van der Waals surface area contributed by atoms with Gasteiger partial charge >= 0.3 is 0 Å². The van der Waals surface area contributed by atoms with Crippen LogP contribution in [0.1, 0.15) is 25.5 Å². The molecule has 0 spiro atoms. The fraction of sp³-hybridized carbons (Fsp3) is 0.364. The molecule has 2 nitrogen and oxygen atoms in total. The van der Waals surface area contributed by atoms with Gasteiger partial charge in [0.1, 0.15) is 11.6 Å². The maximum absolute atomic E-state index is 12.6. The van der Waals surface area contributed by atoms with Crippen LogP contribution in [-0.2, 0) is 4.79 Å². The van der Waals surface area contributed by atoms with Gasteiger partial charge in [-0.25, -0.2) is 4.39 Å². The number of halogens is 1. The first-order valence-electron chi connectivity index (χ1n) is 4.58. The maximum atomic E-state index is 12.6. The summed E-state index contributed by atoms with van der Waals surface area (Å²) in [5.41, 5.74) is 0.979. The average Bonchev–Trinajstić information content (AvgIpc) is 2.15. The molecule has 0 fully saturated rings. The van der Waals surface area contributed by atoms with Gasteiger partial charge in [0.05, 0.1) is 6.54 Å². The highest BCUT2D eigenvalue weighted by atomic mass is 19.1. The van der Waals surface area contributed by atoms with Gasteiger partial charge in [0.15, 0.2) is 0 Å². The Bertz CT molecular complexity index is 308. The third kappa shape index (κ3) is 3.26. The largest absolute Gasteiger partial charge is 0.303 e. The van der Waals surface area contributed by atoms with Crippen LogP contribution < -0.4 is 5.32 Å². The van der Waals surface area contributed by atoms with Gasteiger partial charge in [0, 0.05) is 6.04 Å². The van der Waals surface area contributed by atoms with Crippen LogP contribution in [-0.4, -0.2) is 12.3 Å². The Morgan fingerprint density at radius 1 is 1.43 bits per heavy atom. The Balaban J connectivity index is 2.56. The zero-order valence-electron chi connectivity index (χ0n) is 8.38. The van der Waals surface area contributed by atoms with Crippen molar-refractivity contribution in [2.24, 2.45) is 0 Å². The Labute approximate surface area is 83.1 Å². The first kappa shape index (κ1) is 10.9. The molecule has 0 aliphatic rings. The van der Waals surface area contributed by atoms with Gasteiger partial charge in [-0.1, -0.05) is 12.1 Å². The lowest BCUT2D eigenvalue weighted by Gasteiger charge is -2.12. The smallest absolute Gasteiger partial charge is 0.143 e. The van der Waals surface area contributed by atoms with Gasteiger partial charge in [-0.15, -0.1) is 0 Å². The minimum atomic E-state index is -0.243. The Morgan fingerprint density at radius 2 is 2.00 bits per heavy atom. The SMILES string of the molecule is CC(=O)CNC(C)c1ccc(F)cc1. The Kier molecular flexibility index (Phi) is 3.77. The molecule has 1 rings (SSSR count). The molecule has 1 unspecified atom stereocenters. The number of nitrogens with one attached hydrogen (secondary N) is 1. The van der Waals surface area contributed by atoms with Gasteiger partial charge in [0.2, 0.25) is 0 Å². The van der Waals surface area contributed by atoms with E-state index in [0.717, 1.165) is 5.56 Å². The van der Waals surface area contributed by atoms with Crippen molar-refractivity contribution in [1.29, 1.82) is 0 Å². The minimum Gasteiger partial charge on any atom is -0.303 e. The lowest BCUT2D eigenvalue weighted by Crippen LogP contribution is -2.24. The molecule has 0 radical (unpaired) electrons. The third-order valence-electron chi connectivity index (χ3n) is 2.03. The first-order chi connectivity index (χ1) is 6.59. The summed E-state index contributed by atoms with van der Waals surface area (Å²) in [6.45, 7) is 3.82. The van der Waals surface area contributed by atoms with E-state index in [0.29, 0.717) is 6.54 Å². The molecular formula is C11H14FNO. The van der Waals surface area contributed by atoms with Crippen LogP contribution in [0.2, 0.25) is 0 Å². The van der Waals surface area contributed by atoms with Gasteiger partial charge in [0.25, 0.3) is 0 Å². The third-order valence-corrected chi connectivity index (χ3v) is 2.03. The van der Waals surface area contributed by atoms with Gasteiger partial charge in [-0.3, -0.25) is 4.79 Å². The molecule has 14 heavy (non-hydrogen) atoms. The number of ketones is 1. The van der Waals surface area contributed by atoms with Crippen LogP contribution in [0.3, 0.4) is 0 Å². The number of benzene rings is 1. The lowest BCUT2D eigenvalue weighted by molar-refractivity contribution is -0.116. The minimum absolute atomic E-state index is 0.0690. The molecule has 1 N–H and O–H groups in total. The fourth-order valence-corrected chi connectivity index (χ4v) is 1.17. The molecule has 0 amide bonds. The van der Waals surface area contributed by atoms with E-state index in [1.54, 1.807) is 12.1 Å². The summed E-state index contributed by atoms with van der Waals surface area (Å²) in [5.74, 6) is -0.147. The summed E-state index contributed by atoms with van der Waals surface area (Å²) < 4.78 is 12.6. The van der Waals surface area contributed by atoms with E-state index >= 15 is 0 Å². The molecule has 3 heteroatoms. The summed E-state index contributed by atoms with van der Waals surface area (Å²) in [4.78, 5) is 10.7. The van der Waals surface area contributed by atoms with Crippen LogP contribution in [0.25, 0.3) is 0 Å². The first-order valence-corrected chi connectivity index (χ1v) is 4.58. The zero-order valence-corrected chi connectivity index (χ0v) is 8.38. The Morgan fingerprint density at radius 3 is 2.50 bits per heavy atom. The van der Waals surface area contributed by atoms with Crippen molar-refractivity contribution < 1.29 is 9.18 Å². The summed E-state index contributed by atoms with van der Waals surface area (Å²) >= 11 is 0. The molecule has 0 aromatic heterocycles. The summed E-state index contributed by atoms with van der Waals surface area (Å²) in [7, 11) is 0. The topological polar surface area (TPSA) is 29.1 Å². The highest BCUT2D eigenvalue weighted by Gasteiger charge is 2.04. The molecular weight excluding hydrogens is 181 g/mol. The number of rotatable bonds is 4. The molecule has 0 aliphatic heterocycles. The highest BCUT2D eigenvalue weighted by molar-refractivity contribution is 5.77. The second-order valence-electron chi connectivity index (χ2n) is 3.36. The summed E-state index contributed by atoms with van der Waals surface area (Å²) in [6.07, 6.45) is 0. The van der Waals surface area contributed by atoms with E-state index in [1.807, 2.05) is 6.92 Å². The van der Waals surface area contributed by atoms with E-state index in [4.69, 9.17) is 0 Å². The Hall–Kier alpha value is -1.22. The summed E-state index contributed by atoms with van der Waals surface area (Å²) in [5, 5.41) is 3.05. The second-order valence-corrected chi connectivity index (χ2v) is 3.36. The number of carbonyl (C=O) groups is 1. The second kappa shape index (κ2) is 4.86.